The molecule has 326 valence electrons. The molecular weight excluding hydrogens is 770 g/mol. The van der Waals surface area contributed by atoms with Crippen LogP contribution in [0.25, 0.3) is 0 Å². The molecule has 0 radical (unpaired) electrons. The number of benzene rings is 1. The van der Waals surface area contributed by atoms with Crippen LogP contribution in [0.2, 0.25) is 0 Å². The van der Waals surface area contributed by atoms with Crippen molar-refractivity contribution in [3.05, 3.63) is 35.4 Å². The fourth-order valence-corrected chi connectivity index (χ4v) is 7.43. The summed E-state index contributed by atoms with van der Waals surface area (Å²) in [7, 11) is 0. The first kappa shape index (κ1) is 47.9. The second-order valence-corrected chi connectivity index (χ2v) is 15.8. The standard InChI is InChI=1S/C40H59N7O12/c1-5-22(4)33(39(57)47-17-9-12-29(47)36(54)44-28(40(58)59)18-21(2)3)45-37(55)30-13-8-16-46(30)38(56)27(14-15-31(48)49)43-35(53)26(42)19-23-10-6-7-11-24(23)34(52)25(41)20-32(50)51/h6-7,10-11,21-22,25-30,33H,5,8-9,12-20,41-42H2,1-4H3,(H,43,53)(H,44,54)(H,45,55)(H,48,49)(H,50,51)(H,58,59)/t22-,25-,26-,27-,28-,29-,30-,33-/m0/s1. The molecule has 2 heterocycles. The van der Waals surface area contributed by atoms with Gasteiger partial charge >= 0.3 is 17.9 Å². The highest BCUT2D eigenvalue weighted by Gasteiger charge is 2.43. The van der Waals surface area contributed by atoms with E-state index < -0.39 is 114 Å². The number of carbonyl (C=O) groups excluding carboxylic acids is 6. The van der Waals surface area contributed by atoms with Crippen LogP contribution in [0.5, 0.6) is 0 Å². The molecule has 8 atom stereocenters. The Bertz CT molecular complexity index is 1740. The quantitative estimate of drug-likeness (QED) is 0.0715. The number of nitrogens with one attached hydrogen (secondary N) is 3. The molecule has 19 heteroatoms. The van der Waals surface area contributed by atoms with Crippen LogP contribution in [-0.4, -0.2) is 134 Å². The maximum absolute atomic E-state index is 14.1. The molecule has 3 rings (SSSR count). The van der Waals surface area contributed by atoms with Crippen LogP contribution in [-0.2, 0) is 44.8 Å². The van der Waals surface area contributed by atoms with Gasteiger partial charge < -0.3 is 52.5 Å². The number of hydrogen-bond acceptors (Lipinski definition) is 11. The number of aliphatic carboxylic acids is 3. The highest BCUT2D eigenvalue weighted by Crippen LogP contribution is 2.25. The maximum Gasteiger partial charge on any atom is 0.326 e. The monoisotopic (exact) mass is 829 g/mol. The molecule has 19 nitrogen and oxygen atoms in total. The molecule has 2 saturated heterocycles. The number of carbonyl (C=O) groups is 9. The summed E-state index contributed by atoms with van der Waals surface area (Å²) in [5.74, 6) is -8.17. The molecule has 2 aliphatic rings. The number of nitrogens with two attached hydrogens (primary N) is 2. The normalized spacial score (nSPS) is 19.5. The van der Waals surface area contributed by atoms with Crippen molar-refractivity contribution in [2.75, 3.05) is 13.1 Å². The van der Waals surface area contributed by atoms with Crippen molar-refractivity contribution < 1.29 is 58.5 Å². The average Bonchev–Trinajstić information content (AvgIpc) is 3.88. The van der Waals surface area contributed by atoms with Crippen molar-refractivity contribution in [3.8, 4) is 0 Å². The van der Waals surface area contributed by atoms with Crippen molar-refractivity contribution in [2.45, 2.75) is 134 Å². The highest BCUT2D eigenvalue weighted by molar-refractivity contribution is 6.03. The van der Waals surface area contributed by atoms with Gasteiger partial charge in [0.1, 0.15) is 30.2 Å². The molecule has 2 aliphatic heterocycles. The molecule has 0 spiro atoms. The van der Waals surface area contributed by atoms with Crippen molar-refractivity contribution in [1.82, 2.24) is 25.8 Å². The zero-order valence-electron chi connectivity index (χ0n) is 34.1. The van der Waals surface area contributed by atoms with E-state index in [4.69, 9.17) is 16.6 Å². The summed E-state index contributed by atoms with van der Waals surface area (Å²) in [4.78, 5) is 119. The predicted molar refractivity (Wildman–Crippen MR) is 211 cm³/mol. The van der Waals surface area contributed by atoms with E-state index in [0.29, 0.717) is 31.2 Å². The third-order valence-electron chi connectivity index (χ3n) is 10.8. The van der Waals surface area contributed by atoms with Crippen LogP contribution in [0.1, 0.15) is 101 Å². The van der Waals surface area contributed by atoms with Gasteiger partial charge in [0.15, 0.2) is 5.78 Å². The van der Waals surface area contributed by atoms with E-state index in [1.165, 1.54) is 28.0 Å². The number of likely N-dealkylation sites (tertiary alicyclic amines) is 2. The zero-order chi connectivity index (χ0) is 44.1. The summed E-state index contributed by atoms with van der Waals surface area (Å²) in [6, 6.07) is -2.31. The molecule has 1 aromatic carbocycles. The lowest BCUT2D eigenvalue weighted by Crippen LogP contribution is -2.60. The number of rotatable bonds is 22. The molecule has 0 unspecified atom stereocenters. The van der Waals surface area contributed by atoms with Gasteiger partial charge in [-0.15, -0.1) is 0 Å². The van der Waals surface area contributed by atoms with Crippen molar-refractivity contribution >= 4 is 53.2 Å². The molecular formula is C40H59N7O12. The number of nitrogens with zero attached hydrogens (tertiary/aromatic N) is 2. The Kier molecular flexibility index (Phi) is 17.9. The summed E-state index contributed by atoms with van der Waals surface area (Å²) in [5.41, 5.74) is 12.4. The number of carboxylic acid groups (broad SMARTS) is 3. The molecule has 0 aliphatic carbocycles. The van der Waals surface area contributed by atoms with Gasteiger partial charge in [0, 0.05) is 25.1 Å². The molecule has 0 aromatic heterocycles. The molecule has 1 aromatic rings. The molecule has 2 fully saturated rings. The van der Waals surface area contributed by atoms with Crippen molar-refractivity contribution in [3.63, 3.8) is 0 Å². The summed E-state index contributed by atoms with van der Waals surface area (Å²) in [5, 5.41) is 36.1. The lowest BCUT2D eigenvalue weighted by atomic mass is 9.93. The minimum atomic E-state index is -1.42. The third-order valence-corrected chi connectivity index (χ3v) is 10.8. The Morgan fingerprint density at radius 2 is 1.34 bits per heavy atom. The van der Waals surface area contributed by atoms with Gasteiger partial charge in [-0.05, 0) is 62.3 Å². The topological polar surface area (TPSA) is 309 Å². The Morgan fingerprint density at radius 3 is 1.88 bits per heavy atom. The molecule has 59 heavy (non-hydrogen) atoms. The zero-order valence-corrected chi connectivity index (χ0v) is 34.1. The van der Waals surface area contributed by atoms with E-state index in [1.54, 1.807) is 13.0 Å². The second-order valence-electron chi connectivity index (χ2n) is 15.8. The van der Waals surface area contributed by atoms with Gasteiger partial charge in [-0.25, -0.2) is 4.79 Å². The fraction of sp³-hybridized carbons (Fsp3) is 0.625. The first-order chi connectivity index (χ1) is 27.8. The predicted octanol–water partition coefficient (Wildman–Crippen LogP) is 0.0191. The third kappa shape index (κ3) is 13.3. The van der Waals surface area contributed by atoms with Gasteiger partial charge in [0.05, 0.1) is 18.5 Å². The Morgan fingerprint density at radius 1 is 0.763 bits per heavy atom. The fourth-order valence-electron chi connectivity index (χ4n) is 7.43. The largest absolute Gasteiger partial charge is 0.481 e. The minimum Gasteiger partial charge on any atom is -0.481 e. The molecule has 0 bridgehead atoms. The van der Waals surface area contributed by atoms with Gasteiger partial charge in [0.2, 0.25) is 29.5 Å². The summed E-state index contributed by atoms with van der Waals surface area (Å²) < 4.78 is 0. The van der Waals surface area contributed by atoms with Crippen LogP contribution in [0, 0.1) is 11.8 Å². The summed E-state index contributed by atoms with van der Waals surface area (Å²) in [6.45, 7) is 7.54. The maximum atomic E-state index is 14.1. The van der Waals surface area contributed by atoms with Crippen LogP contribution in [0.3, 0.4) is 0 Å². The number of Topliss-reactive ketones (excluding diaryl/α,β-unsaturated/α-hetero) is 1. The Labute approximate surface area is 343 Å². The van der Waals surface area contributed by atoms with E-state index in [0.717, 1.165) is 0 Å². The lowest BCUT2D eigenvalue weighted by Gasteiger charge is -2.34. The Hall–Kier alpha value is -5.43. The highest BCUT2D eigenvalue weighted by atomic mass is 16.4. The average molecular weight is 830 g/mol. The summed E-state index contributed by atoms with van der Waals surface area (Å²) in [6.07, 6.45) is 0.325. The van der Waals surface area contributed by atoms with Crippen molar-refractivity contribution in [1.29, 1.82) is 0 Å². The number of ketones is 1. The summed E-state index contributed by atoms with van der Waals surface area (Å²) >= 11 is 0. The second kappa shape index (κ2) is 22.1. The van der Waals surface area contributed by atoms with E-state index >= 15 is 0 Å². The number of amides is 5. The SMILES string of the molecule is CC[C@H](C)[C@H](NC(=O)[C@@H]1CCCN1C(=O)[C@H](CCC(=O)O)NC(=O)[C@@H](N)Cc1ccccc1C(=O)[C@@H](N)CC(=O)O)C(=O)N1CCC[C@H]1C(=O)N[C@@H](CC(C)C)C(=O)O. The van der Waals surface area contributed by atoms with Crippen LogP contribution >= 0.6 is 0 Å². The lowest BCUT2D eigenvalue weighted by molar-refractivity contribution is -0.146. The van der Waals surface area contributed by atoms with Crippen LogP contribution < -0.4 is 27.4 Å². The van der Waals surface area contributed by atoms with Crippen molar-refractivity contribution in [2.24, 2.45) is 23.3 Å². The van der Waals surface area contributed by atoms with Gasteiger partial charge in [-0.2, -0.15) is 0 Å². The minimum absolute atomic E-state index is 0.0169. The van der Waals surface area contributed by atoms with E-state index in [9.17, 15) is 53.4 Å². The number of hydrogen-bond donors (Lipinski definition) is 8. The smallest absolute Gasteiger partial charge is 0.326 e. The van der Waals surface area contributed by atoms with Gasteiger partial charge in [0.25, 0.3) is 0 Å². The van der Waals surface area contributed by atoms with Gasteiger partial charge in [-0.3, -0.25) is 38.4 Å². The first-order valence-electron chi connectivity index (χ1n) is 20.1. The van der Waals surface area contributed by atoms with E-state index in [-0.39, 0.29) is 50.3 Å². The van der Waals surface area contributed by atoms with Crippen LogP contribution in [0.15, 0.2) is 24.3 Å². The Balaban J connectivity index is 1.78. The van der Waals surface area contributed by atoms with E-state index in [2.05, 4.69) is 16.0 Å². The number of carboxylic acids is 3. The molecule has 10 N–H and O–H groups in total. The van der Waals surface area contributed by atoms with E-state index in [1.807, 2.05) is 20.8 Å². The van der Waals surface area contributed by atoms with Crippen LogP contribution in [0.4, 0.5) is 0 Å². The first-order valence-corrected chi connectivity index (χ1v) is 20.1. The van der Waals surface area contributed by atoms with Gasteiger partial charge in [-0.1, -0.05) is 58.4 Å². The molecule has 0 saturated carbocycles. The molecule has 5 amide bonds.